The molecule has 0 unspecified atom stereocenters. The average molecular weight is 139 g/mol. The highest BCUT2D eigenvalue weighted by Gasteiger charge is 2.23. The van der Waals surface area contributed by atoms with Gasteiger partial charge in [-0.1, -0.05) is 0 Å². The first kappa shape index (κ1) is 7.32. The van der Waals surface area contributed by atoms with Gasteiger partial charge in [-0.25, -0.2) is 0 Å². The molecule has 1 rings (SSSR count). The highest BCUT2D eigenvalue weighted by Crippen LogP contribution is 2.09. The standard InChI is InChI=1S/C8H14N2/c1-8(2,3)10-6-4-5-7(10)9/h4-5,9H,6H2,1-3H3/p+1. The summed E-state index contributed by atoms with van der Waals surface area (Å²) < 4.78 is 2.17. The molecular weight excluding hydrogens is 124 g/mol. The fourth-order valence-electron chi connectivity index (χ4n) is 1.14. The van der Waals surface area contributed by atoms with Crippen molar-refractivity contribution in [3.05, 3.63) is 12.2 Å². The first-order valence-electron chi connectivity index (χ1n) is 3.58. The predicted molar refractivity (Wildman–Crippen MR) is 43.2 cm³/mol. The van der Waals surface area contributed by atoms with Gasteiger partial charge in [0.05, 0.1) is 5.54 Å². The Labute approximate surface area is 62.0 Å². The summed E-state index contributed by atoms with van der Waals surface area (Å²) in [5, 5.41) is 0. The predicted octanol–water partition coefficient (Wildman–Crippen LogP) is 0.724. The SMILES string of the molecule is CC(C)(C)[N+]1=C(N)C=CC1. The van der Waals surface area contributed by atoms with Crippen LogP contribution in [-0.4, -0.2) is 22.5 Å². The van der Waals surface area contributed by atoms with E-state index in [-0.39, 0.29) is 5.54 Å². The van der Waals surface area contributed by atoms with E-state index in [1.54, 1.807) is 0 Å². The summed E-state index contributed by atoms with van der Waals surface area (Å²) in [4.78, 5) is 0. The lowest BCUT2D eigenvalue weighted by Crippen LogP contribution is -2.37. The number of nitrogens with two attached hydrogens (primary N) is 1. The summed E-state index contributed by atoms with van der Waals surface area (Å²) in [7, 11) is 0. The van der Waals surface area contributed by atoms with Gasteiger partial charge in [-0.05, 0) is 26.8 Å². The van der Waals surface area contributed by atoms with Gasteiger partial charge in [-0.2, -0.15) is 0 Å². The van der Waals surface area contributed by atoms with Crippen LogP contribution in [0.2, 0.25) is 0 Å². The van der Waals surface area contributed by atoms with Crippen molar-refractivity contribution in [1.82, 2.24) is 0 Å². The maximum Gasteiger partial charge on any atom is 0.268 e. The van der Waals surface area contributed by atoms with Crippen molar-refractivity contribution in [3.63, 3.8) is 0 Å². The highest BCUT2D eigenvalue weighted by atomic mass is 15.1. The molecule has 0 aromatic heterocycles. The van der Waals surface area contributed by atoms with E-state index in [0.717, 1.165) is 12.4 Å². The zero-order chi connectivity index (χ0) is 7.78. The summed E-state index contributed by atoms with van der Waals surface area (Å²) in [5.41, 5.74) is 5.88. The molecule has 1 aliphatic rings. The highest BCUT2D eigenvalue weighted by molar-refractivity contribution is 5.88. The largest absolute Gasteiger partial charge is 0.287 e. The molecule has 0 radical (unpaired) electrons. The Balaban J connectivity index is 2.86. The summed E-state index contributed by atoms with van der Waals surface area (Å²) in [6, 6.07) is 0. The van der Waals surface area contributed by atoms with Crippen LogP contribution >= 0.6 is 0 Å². The Morgan fingerprint density at radius 1 is 1.50 bits per heavy atom. The molecule has 0 fully saturated rings. The Kier molecular flexibility index (Phi) is 1.55. The monoisotopic (exact) mass is 139 g/mol. The molecular formula is C8H15N2+. The molecule has 0 saturated carbocycles. The second-order valence-corrected chi connectivity index (χ2v) is 3.61. The summed E-state index contributed by atoms with van der Waals surface area (Å²) >= 11 is 0. The normalized spacial score (nSPS) is 18.7. The molecule has 0 aliphatic carbocycles. The Morgan fingerprint density at radius 2 is 2.10 bits per heavy atom. The van der Waals surface area contributed by atoms with Crippen LogP contribution in [-0.2, 0) is 0 Å². The second kappa shape index (κ2) is 2.11. The van der Waals surface area contributed by atoms with Crippen molar-refractivity contribution < 1.29 is 4.58 Å². The van der Waals surface area contributed by atoms with E-state index >= 15 is 0 Å². The van der Waals surface area contributed by atoms with E-state index in [9.17, 15) is 0 Å². The molecule has 0 aromatic carbocycles. The van der Waals surface area contributed by atoms with Crippen LogP contribution in [0.4, 0.5) is 0 Å². The van der Waals surface area contributed by atoms with Crippen molar-refractivity contribution in [2.75, 3.05) is 6.54 Å². The van der Waals surface area contributed by atoms with Gasteiger partial charge < -0.3 is 0 Å². The average Bonchev–Trinajstić information content (AvgIpc) is 2.11. The van der Waals surface area contributed by atoms with Crippen molar-refractivity contribution in [1.29, 1.82) is 0 Å². The van der Waals surface area contributed by atoms with Gasteiger partial charge in [-0.15, -0.1) is 0 Å². The van der Waals surface area contributed by atoms with E-state index in [2.05, 4.69) is 31.4 Å². The molecule has 0 saturated heterocycles. The van der Waals surface area contributed by atoms with Crippen molar-refractivity contribution in [2.45, 2.75) is 26.3 Å². The molecule has 0 spiro atoms. The maximum absolute atomic E-state index is 5.72. The third-order valence-corrected chi connectivity index (χ3v) is 1.70. The number of hydrogen-bond donors (Lipinski definition) is 1. The zero-order valence-corrected chi connectivity index (χ0v) is 6.89. The lowest BCUT2D eigenvalue weighted by molar-refractivity contribution is -0.585. The minimum absolute atomic E-state index is 0.160. The fourth-order valence-corrected chi connectivity index (χ4v) is 1.14. The Morgan fingerprint density at radius 3 is 2.30 bits per heavy atom. The lowest BCUT2D eigenvalue weighted by Gasteiger charge is -2.19. The molecule has 10 heavy (non-hydrogen) atoms. The molecule has 2 heteroatoms. The van der Waals surface area contributed by atoms with Crippen LogP contribution in [0.3, 0.4) is 0 Å². The Hall–Kier alpha value is -0.790. The molecule has 0 amide bonds. The molecule has 2 N–H and O–H groups in total. The van der Waals surface area contributed by atoms with Gasteiger partial charge in [0, 0.05) is 6.08 Å². The minimum Gasteiger partial charge on any atom is -0.287 e. The Bertz CT molecular complexity index is 194. The third-order valence-electron chi connectivity index (χ3n) is 1.70. The molecule has 0 bridgehead atoms. The molecule has 56 valence electrons. The van der Waals surface area contributed by atoms with Crippen molar-refractivity contribution >= 4 is 5.84 Å². The number of rotatable bonds is 0. The molecule has 0 aromatic rings. The van der Waals surface area contributed by atoms with Crippen LogP contribution in [0.5, 0.6) is 0 Å². The maximum atomic E-state index is 5.72. The molecule has 1 aliphatic heterocycles. The topological polar surface area (TPSA) is 29.0 Å². The van der Waals surface area contributed by atoms with Gasteiger partial charge in [0.1, 0.15) is 6.54 Å². The van der Waals surface area contributed by atoms with Crippen LogP contribution < -0.4 is 5.73 Å². The third kappa shape index (κ3) is 1.20. The molecule has 2 nitrogen and oxygen atoms in total. The zero-order valence-electron chi connectivity index (χ0n) is 6.89. The van der Waals surface area contributed by atoms with E-state index in [4.69, 9.17) is 5.73 Å². The van der Waals surface area contributed by atoms with Gasteiger partial charge in [0.2, 0.25) is 0 Å². The fraction of sp³-hybridized carbons (Fsp3) is 0.625. The quantitative estimate of drug-likeness (QED) is 0.492. The van der Waals surface area contributed by atoms with Gasteiger partial charge in [0.25, 0.3) is 5.84 Å². The number of nitrogens with zero attached hydrogens (tertiary/aromatic N) is 1. The number of amidine groups is 1. The smallest absolute Gasteiger partial charge is 0.268 e. The summed E-state index contributed by atoms with van der Waals surface area (Å²) in [5.74, 6) is 0.882. The van der Waals surface area contributed by atoms with Crippen LogP contribution in [0.25, 0.3) is 0 Å². The van der Waals surface area contributed by atoms with E-state index in [1.165, 1.54) is 0 Å². The van der Waals surface area contributed by atoms with Gasteiger partial charge >= 0.3 is 0 Å². The molecule has 1 heterocycles. The van der Waals surface area contributed by atoms with Crippen molar-refractivity contribution in [3.8, 4) is 0 Å². The summed E-state index contributed by atoms with van der Waals surface area (Å²) in [6.07, 6.45) is 4.05. The van der Waals surface area contributed by atoms with E-state index < -0.39 is 0 Å². The van der Waals surface area contributed by atoms with Crippen LogP contribution in [0.1, 0.15) is 20.8 Å². The van der Waals surface area contributed by atoms with E-state index in [0.29, 0.717) is 0 Å². The molecule has 0 atom stereocenters. The summed E-state index contributed by atoms with van der Waals surface area (Å²) in [6.45, 7) is 7.43. The van der Waals surface area contributed by atoms with Crippen LogP contribution in [0, 0.1) is 0 Å². The van der Waals surface area contributed by atoms with Crippen LogP contribution in [0.15, 0.2) is 12.2 Å². The minimum atomic E-state index is 0.160. The first-order chi connectivity index (χ1) is 4.52. The first-order valence-corrected chi connectivity index (χ1v) is 3.58. The lowest BCUT2D eigenvalue weighted by atomic mass is 10.1. The van der Waals surface area contributed by atoms with E-state index in [1.807, 2.05) is 6.08 Å². The second-order valence-electron chi connectivity index (χ2n) is 3.61. The van der Waals surface area contributed by atoms with Crippen molar-refractivity contribution in [2.24, 2.45) is 5.73 Å². The number of hydrogen-bond acceptors (Lipinski definition) is 1. The van der Waals surface area contributed by atoms with Gasteiger partial charge in [-0.3, -0.25) is 10.3 Å². The van der Waals surface area contributed by atoms with Gasteiger partial charge in [0.15, 0.2) is 0 Å².